The van der Waals surface area contributed by atoms with Gasteiger partial charge in [-0.25, -0.2) is 8.42 Å². The molecule has 0 radical (unpaired) electrons. The zero-order chi connectivity index (χ0) is 13.5. The molecule has 1 heterocycles. The molecule has 104 valence electrons. The van der Waals surface area contributed by atoms with Gasteiger partial charge in [0.1, 0.15) is 0 Å². The topological polar surface area (TPSA) is 37.4 Å². The third-order valence-electron chi connectivity index (χ3n) is 4.42. The van der Waals surface area contributed by atoms with Crippen LogP contribution >= 0.6 is 0 Å². The minimum absolute atomic E-state index is 0.131. The average Bonchev–Trinajstić information content (AvgIpc) is 2.86. The molecule has 0 N–H and O–H groups in total. The second-order valence-corrected chi connectivity index (χ2v) is 7.64. The van der Waals surface area contributed by atoms with Crippen molar-refractivity contribution < 1.29 is 8.42 Å². The second kappa shape index (κ2) is 4.91. The molecule has 19 heavy (non-hydrogen) atoms. The Labute approximate surface area is 115 Å². The van der Waals surface area contributed by atoms with Gasteiger partial charge in [0.05, 0.1) is 4.90 Å². The lowest BCUT2D eigenvalue weighted by molar-refractivity contribution is 0.268. The Kier molecular flexibility index (Phi) is 3.39. The molecule has 0 unspecified atom stereocenters. The van der Waals surface area contributed by atoms with Crippen molar-refractivity contribution in [2.24, 2.45) is 0 Å². The van der Waals surface area contributed by atoms with Crippen LogP contribution in [0.15, 0.2) is 23.1 Å². The van der Waals surface area contributed by atoms with Gasteiger partial charge < -0.3 is 0 Å². The van der Waals surface area contributed by atoms with E-state index in [1.807, 2.05) is 19.1 Å². The lowest BCUT2D eigenvalue weighted by Gasteiger charge is -2.32. The summed E-state index contributed by atoms with van der Waals surface area (Å²) in [5, 5.41) is 0. The van der Waals surface area contributed by atoms with Crippen LogP contribution in [0.4, 0.5) is 0 Å². The van der Waals surface area contributed by atoms with Gasteiger partial charge in [0.15, 0.2) is 0 Å². The van der Waals surface area contributed by atoms with Crippen molar-refractivity contribution in [1.29, 1.82) is 0 Å². The van der Waals surface area contributed by atoms with Crippen LogP contribution in [0.3, 0.4) is 0 Å². The zero-order valence-electron chi connectivity index (χ0n) is 11.4. The van der Waals surface area contributed by atoms with Crippen molar-refractivity contribution in [2.75, 3.05) is 6.54 Å². The maximum absolute atomic E-state index is 12.7. The van der Waals surface area contributed by atoms with Crippen LogP contribution < -0.4 is 0 Å². The van der Waals surface area contributed by atoms with E-state index in [9.17, 15) is 8.42 Å². The molecule has 1 aromatic rings. The van der Waals surface area contributed by atoms with E-state index < -0.39 is 10.0 Å². The summed E-state index contributed by atoms with van der Waals surface area (Å²) < 4.78 is 27.1. The Morgan fingerprint density at radius 1 is 1.11 bits per heavy atom. The highest BCUT2D eigenvalue weighted by Crippen LogP contribution is 2.29. The van der Waals surface area contributed by atoms with E-state index in [0.29, 0.717) is 11.4 Å². The Morgan fingerprint density at radius 3 is 2.68 bits per heavy atom. The van der Waals surface area contributed by atoms with Gasteiger partial charge in [-0.3, -0.25) is 0 Å². The lowest BCUT2D eigenvalue weighted by Crippen LogP contribution is -2.41. The Morgan fingerprint density at radius 2 is 1.89 bits per heavy atom. The minimum Gasteiger partial charge on any atom is -0.207 e. The predicted molar refractivity (Wildman–Crippen MR) is 75.7 cm³/mol. The number of rotatable bonds is 2. The number of benzene rings is 1. The first-order valence-electron chi connectivity index (χ1n) is 7.23. The van der Waals surface area contributed by atoms with Crippen LogP contribution in [-0.2, 0) is 22.9 Å². The summed E-state index contributed by atoms with van der Waals surface area (Å²) in [5.74, 6) is 0. The monoisotopic (exact) mass is 279 g/mol. The van der Waals surface area contributed by atoms with E-state index in [-0.39, 0.29) is 6.04 Å². The van der Waals surface area contributed by atoms with Gasteiger partial charge in [0.25, 0.3) is 0 Å². The standard InChI is InChI=1S/C15H21NO2S/c1-12-5-2-3-10-16(12)19(17,18)15-9-8-13-6-4-7-14(13)11-15/h8-9,11-12H,2-7,10H2,1H3/t12-/m0/s1. The quantitative estimate of drug-likeness (QED) is 0.835. The van der Waals surface area contributed by atoms with E-state index in [1.165, 1.54) is 11.1 Å². The number of sulfonamides is 1. The molecule has 0 bridgehead atoms. The molecular weight excluding hydrogens is 258 g/mol. The van der Waals surface area contributed by atoms with Crippen LogP contribution in [0.1, 0.15) is 43.7 Å². The van der Waals surface area contributed by atoms with Crippen LogP contribution in [0.2, 0.25) is 0 Å². The molecule has 1 aliphatic heterocycles. The highest BCUT2D eigenvalue weighted by atomic mass is 32.2. The number of piperidine rings is 1. The van der Waals surface area contributed by atoms with Gasteiger partial charge in [0.2, 0.25) is 10.0 Å². The molecule has 1 aromatic carbocycles. The van der Waals surface area contributed by atoms with Crippen molar-refractivity contribution in [3.05, 3.63) is 29.3 Å². The van der Waals surface area contributed by atoms with Crippen molar-refractivity contribution in [3.63, 3.8) is 0 Å². The molecule has 3 rings (SSSR count). The predicted octanol–water partition coefficient (Wildman–Crippen LogP) is 2.74. The molecule has 1 saturated heterocycles. The van der Waals surface area contributed by atoms with Crippen LogP contribution in [0, 0.1) is 0 Å². The third kappa shape index (κ3) is 2.32. The number of nitrogens with zero attached hydrogens (tertiary/aromatic N) is 1. The molecular formula is C15H21NO2S. The molecule has 0 spiro atoms. The zero-order valence-corrected chi connectivity index (χ0v) is 12.2. The fourth-order valence-corrected chi connectivity index (χ4v) is 5.02. The van der Waals surface area contributed by atoms with E-state index in [0.717, 1.165) is 38.5 Å². The molecule has 0 saturated carbocycles. The first-order valence-corrected chi connectivity index (χ1v) is 8.67. The van der Waals surface area contributed by atoms with Gasteiger partial charge in [-0.1, -0.05) is 12.5 Å². The van der Waals surface area contributed by atoms with E-state index >= 15 is 0 Å². The van der Waals surface area contributed by atoms with Crippen molar-refractivity contribution in [3.8, 4) is 0 Å². The summed E-state index contributed by atoms with van der Waals surface area (Å²) in [5.41, 5.74) is 2.55. The minimum atomic E-state index is -3.30. The lowest BCUT2D eigenvalue weighted by atomic mass is 10.1. The SMILES string of the molecule is C[C@H]1CCCCN1S(=O)(=O)c1ccc2c(c1)CCC2. The van der Waals surface area contributed by atoms with Crippen molar-refractivity contribution in [2.45, 2.75) is 56.4 Å². The van der Waals surface area contributed by atoms with Gasteiger partial charge in [-0.05, 0) is 62.3 Å². The highest BCUT2D eigenvalue weighted by molar-refractivity contribution is 7.89. The number of hydrogen-bond donors (Lipinski definition) is 0. The molecule has 1 fully saturated rings. The van der Waals surface area contributed by atoms with E-state index in [1.54, 1.807) is 10.4 Å². The average molecular weight is 279 g/mol. The number of fused-ring (bicyclic) bond motifs is 1. The molecule has 0 aromatic heterocycles. The first-order chi connectivity index (χ1) is 9.09. The molecule has 2 aliphatic rings. The van der Waals surface area contributed by atoms with Gasteiger partial charge >= 0.3 is 0 Å². The van der Waals surface area contributed by atoms with Crippen molar-refractivity contribution >= 4 is 10.0 Å². The number of aryl methyl sites for hydroxylation is 2. The van der Waals surface area contributed by atoms with E-state index in [2.05, 4.69) is 0 Å². The number of hydrogen-bond acceptors (Lipinski definition) is 2. The van der Waals surface area contributed by atoms with Crippen LogP contribution in [0.25, 0.3) is 0 Å². The maximum atomic E-state index is 12.7. The normalized spacial score (nSPS) is 24.4. The van der Waals surface area contributed by atoms with E-state index in [4.69, 9.17) is 0 Å². The van der Waals surface area contributed by atoms with Gasteiger partial charge in [0, 0.05) is 12.6 Å². The fourth-order valence-electron chi connectivity index (χ4n) is 3.27. The Balaban J connectivity index is 1.95. The summed E-state index contributed by atoms with van der Waals surface area (Å²) >= 11 is 0. The van der Waals surface area contributed by atoms with Crippen LogP contribution in [0.5, 0.6) is 0 Å². The van der Waals surface area contributed by atoms with Gasteiger partial charge in [-0.15, -0.1) is 0 Å². The summed E-state index contributed by atoms with van der Waals surface area (Å²) in [7, 11) is -3.30. The largest absolute Gasteiger partial charge is 0.243 e. The molecule has 4 heteroatoms. The summed E-state index contributed by atoms with van der Waals surface area (Å²) in [6.07, 6.45) is 6.36. The smallest absolute Gasteiger partial charge is 0.207 e. The van der Waals surface area contributed by atoms with Crippen molar-refractivity contribution in [1.82, 2.24) is 4.31 Å². The molecule has 3 nitrogen and oxygen atoms in total. The highest BCUT2D eigenvalue weighted by Gasteiger charge is 2.31. The summed E-state index contributed by atoms with van der Waals surface area (Å²) in [4.78, 5) is 0.488. The molecule has 0 amide bonds. The Hall–Kier alpha value is -0.870. The summed E-state index contributed by atoms with van der Waals surface area (Å²) in [6, 6.07) is 5.83. The molecule has 1 atom stereocenters. The Bertz CT molecular complexity index is 580. The first kappa shape index (κ1) is 13.1. The maximum Gasteiger partial charge on any atom is 0.243 e. The third-order valence-corrected chi connectivity index (χ3v) is 6.43. The van der Waals surface area contributed by atoms with Gasteiger partial charge in [-0.2, -0.15) is 4.31 Å². The fraction of sp³-hybridized carbons (Fsp3) is 0.600. The second-order valence-electron chi connectivity index (χ2n) is 5.74. The summed E-state index contributed by atoms with van der Waals surface area (Å²) in [6.45, 7) is 2.69. The van der Waals surface area contributed by atoms with Crippen LogP contribution in [-0.4, -0.2) is 25.3 Å². The molecule has 1 aliphatic carbocycles.